The molecule has 0 amide bonds. The third-order valence-corrected chi connectivity index (χ3v) is 7.14. The lowest BCUT2D eigenvalue weighted by atomic mass is 9.62. The Morgan fingerprint density at radius 1 is 1.16 bits per heavy atom. The summed E-state index contributed by atoms with van der Waals surface area (Å²) in [6.45, 7) is 4.74. The number of allylic oxidation sites excluding steroid dienone is 3. The molecule has 1 heterocycles. The van der Waals surface area contributed by atoms with Gasteiger partial charge in [-0.05, 0) is 52.0 Å². The number of rotatable bonds is 5. The van der Waals surface area contributed by atoms with E-state index in [1.54, 1.807) is 38.2 Å². The predicted molar refractivity (Wildman–Crippen MR) is 113 cm³/mol. The molecule has 8 nitrogen and oxygen atoms in total. The van der Waals surface area contributed by atoms with Crippen molar-refractivity contribution in [1.82, 2.24) is 0 Å². The summed E-state index contributed by atoms with van der Waals surface area (Å²) >= 11 is 0. The van der Waals surface area contributed by atoms with Gasteiger partial charge < -0.3 is 18.9 Å². The van der Waals surface area contributed by atoms with E-state index in [1.807, 2.05) is 0 Å². The van der Waals surface area contributed by atoms with Gasteiger partial charge in [-0.1, -0.05) is 18.2 Å². The minimum Gasteiger partial charge on any atom is -0.466 e. The number of carbonyl (C=O) groups is 4. The molecule has 2 bridgehead atoms. The Morgan fingerprint density at radius 3 is 2.50 bits per heavy atom. The molecule has 0 N–H and O–H groups in total. The van der Waals surface area contributed by atoms with Gasteiger partial charge in [-0.3, -0.25) is 9.59 Å². The first-order valence-corrected chi connectivity index (χ1v) is 10.7. The first kappa shape index (κ1) is 23.8. The average molecular weight is 446 g/mol. The van der Waals surface area contributed by atoms with E-state index in [0.717, 1.165) is 0 Å². The van der Waals surface area contributed by atoms with Gasteiger partial charge in [0.2, 0.25) is 0 Å². The van der Waals surface area contributed by atoms with Crippen molar-refractivity contribution in [2.75, 3.05) is 14.2 Å². The van der Waals surface area contributed by atoms with Crippen molar-refractivity contribution in [2.45, 2.75) is 64.1 Å². The summed E-state index contributed by atoms with van der Waals surface area (Å²) < 4.78 is 21.5. The lowest BCUT2D eigenvalue weighted by Gasteiger charge is -2.54. The topological polar surface area (TPSA) is 105 Å². The van der Waals surface area contributed by atoms with Gasteiger partial charge in [0, 0.05) is 24.0 Å². The van der Waals surface area contributed by atoms with E-state index < -0.39 is 40.5 Å². The summed E-state index contributed by atoms with van der Waals surface area (Å²) in [5.74, 6) is -2.15. The van der Waals surface area contributed by atoms with Crippen molar-refractivity contribution in [3.8, 4) is 0 Å². The summed E-state index contributed by atoms with van der Waals surface area (Å²) in [4.78, 5) is 49.5. The first-order valence-electron chi connectivity index (χ1n) is 10.7. The van der Waals surface area contributed by atoms with Crippen LogP contribution >= 0.6 is 0 Å². The summed E-state index contributed by atoms with van der Waals surface area (Å²) in [6.07, 6.45) is 8.66. The second-order valence-corrected chi connectivity index (χ2v) is 8.86. The van der Waals surface area contributed by atoms with Gasteiger partial charge in [0.15, 0.2) is 0 Å². The van der Waals surface area contributed by atoms with Gasteiger partial charge in [-0.15, -0.1) is 0 Å². The van der Waals surface area contributed by atoms with E-state index in [9.17, 15) is 19.2 Å². The van der Waals surface area contributed by atoms with Crippen molar-refractivity contribution < 1.29 is 38.1 Å². The van der Waals surface area contributed by atoms with Gasteiger partial charge in [0.1, 0.15) is 16.6 Å². The monoisotopic (exact) mass is 446 g/mol. The normalized spacial score (nSPS) is 34.2. The molecule has 1 saturated carbocycles. The molecule has 8 heteroatoms. The number of carbonyl (C=O) groups excluding carboxylic acids is 4. The van der Waals surface area contributed by atoms with Crippen LogP contribution in [0.25, 0.3) is 0 Å². The average Bonchev–Trinajstić information content (AvgIpc) is 2.89. The molecule has 1 saturated heterocycles. The highest BCUT2D eigenvalue weighted by atomic mass is 16.6. The Bertz CT molecular complexity index is 928. The molecule has 4 atom stereocenters. The third-order valence-electron chi connectivity index (χ3n) is 7.14. The van der Waals surface area contributed by atoms with Crippen molar-refractivity contribution in [3.63, 3.8) is 0 Å². The quantitative estimate of drug-likeness (QED) is 0.275. The van der Waals surface area contributed by atoms with Crippen LogP contribution in [0.5, 0.6) is 0 Å². The molecule has 3 aliphatic rings. The van der Waals surface area contributed by atoms with Crippen LogP contribution in [0.1, 0.15) is 52.9 Å². The molecule has 3 rings (SSSR count). The molecule has 0 aromatic rings. The molecule has 1 aliphatic heterocycles. The first-order chi connectivity index (χ1) is 15.0. The zero-order valence-corrected chi connectivity index (χ0v) is 19.2. The fraction of sp³-hybridized carbons (Fsp3) is 0.583. The number of ether oxygens (including phenoxy) is 4. The lowest BCUT2D eigenvalue weighted by Crippen LogP contribution is -2.65. The molecule has 0 aromatic heterocycles. The lowest BCUT2D eigenvalue weighted by molar-refractivity contribution is -0.235. The predicted octanol–water partition coefficient (Wildman–Crippen LogP) is 2.96. The Balaban J connectivity index is 2.04. The maximum atomic E-state index is 13.5. The van der Waals surface area contributed by atoms with Crippen LogP contribution in [0.2, 0.25) is 0 Å². The van der Waals surface area contributed by atoms with Crippen LogP contribution in [-0.2, 0) is 38.1 Å². The minimum absolute atomic E-state index is 0.237. The Labute approximate surface area is 187 Å². The zero-order chi connectivity index (χ0) is 23.7. The van der Waals surface area contributed by atoms with Crippen molar-refractivity contribution in [2.24, 2.45) is 11.3 Å². The molecule has 0 radical (unpaired) electrons. The molecular formula is C24H30O8. The van der Waals surface area contributed by atoms with E-state index >= 15 is 0 Å². The Hall–Kier alpha value is -2.90. The fourth-order valence-corrected chi connectivity index (χ4v) is 5.61. The maximum Gasteiger partial charge on any atom is 0.333 e. The van der Waals surface area contributed by atoms with E-state index in [4.69, 9.17) is 18.9 Å². The highest BCUT2D eigenvalue weighted by molar-refractivity contribution is 5.90. The van der Waals surface area contributed by atoms with Crippen LogP contribution < -0.4 is 0 Å². The Morgan fingerprint density at radius 2 is 1.88 bits per heavy atom. The largest absolute Gasteiger partial charge is 0.466 e. The third kappa shape index (κ3) is 3.65. The number of hydrogen-bond acceptors (Lipinski definition) is 8. The standard InChI is InChI=1S/C24H30O8/c1-15(19(26)29-4)7-6-11-22(3)18-10-13-23(21(28)32-22)12-8-17(20(27)30-5)9-14-24(18,23)31-16(2)25/h6-8,11,18H,9-10,12-14H2,1-5H3/t18-,22+,23+,24-/m1/s1. The molecule has 2 fully saturated rings. The molecule has 0 aromatic carbocycles. The highest BCUT2D eigenvalue weighted by Gasteiger charge is 2.74. The summed E-state index contributed by atoms with van der Waals surface area (Å²) in [5, 5.41) is 0. The second-order valence-electron chi connectivity index (χ2n) is 8.86. The maximum absolute atomic E-state index is 13.5. The summed E-state index contributed by atoms with van der Waals surface area (Å²) in [5.41, 5.74) is -2.36. The van der Waals surface area contributed by atoms with Crippen LogP contribution in [-0.4, -0.2) is 49.3 Å². The van der Waals surface area contributed by atoms with E-state index in [2.05, 4.69) is 0 Å². The summed E-state index contributed by atoms with van der Waals surface area (Å²) in [7, 11) is 2.62. The fourth-order valence-electron chi connectivity index (χ4n) is 5.61. The number of esters is 4. The molecule has 32 heavy (non-hydrogen) atoms. The van der Waals surface area contributed by atoms with Crippen LogP contribution in [0.15, 0.2) is 35.5 Å². The van der Waals surface area contributed by atoms with E-state index in [0.29, 0.717) is 36.8 Å². The van der Waals surface area contributed by atoms with Gasteiger partial charge in [0.05, 0.1) is 14.2 Å². The number of cyclic esters (lactones) is 1. The van der Waals surface area contributed by atoms with E-state index in [-0.39, 0.29) is 12.3 Å². The second kappa shape index (κ2) is 8.56. The molecule has 174 valence electrons. The van der Waals surface area contributed by atoms with Gasteiger partial charge in [0.25, 0.3) is 0 Å². The van der Waals surface area contributed by atoms with Gasteiger partial charge in [-0.25, -0.2) is 9.59 Å². The van der Waals surface area contributed by atoms with Crippen molar-refractivity contribution in [1.29, 1.82) is 0 Å². The van der Waals surface area contributed by atoms with Crippen molar-refractivity contribution >= 4 is 23.9 Å². The highest BCUT2D eigenvalue weighted by Crippen LogP contribution is 2.65. The molecule has 2 aliphatic carbocycles. The molecular weight excluding hydrogens is 416 g/mol. The SMILES string of the molecule is COC(=O)C(C)=CC=C[C@]1(C)OC(=O)[C@@]23CC=C(C(=O)OC)CC[C@@]2(OC(C)=O)[C@@H]1CC3. The molecule has 0 unspecified atom stereocenters. The van der Waals surface area contributed by atoms with Crippen LogP contribution in [0.3, 0.4) is 0 Å². The number of methoxy groups -OCH3 is 2. The Kier molecular flexibility index (Phi) is 6.36. The van der Waals surface area contributed by atoms with Crippen LogP contribution in [0.4, 0.5) is 0 Å². The minimum atomic E-state index is -1.11. The van der Waals surface area contributed by atoms with Gasteiger partial charge >= 0.3 is 23.9 Å². The molecule has 0 spiro atoms. The zero-order valence-electron chi connectivity index (χ0n) is 19.2. The van der Waals surface area contributed by atoms with Crippen molar-refractivity contribution in [3.05, 3.63) is 35.5 Å². The van der Waals surface area contributed by atoms with Gasteiger partial charge in [-0.2, -0.15) is 0 Å². The smallest absolute Gasteiger partial charge is 0.333 e. The summed E-state index contributed by atoms with van der Waals surface area (Å²) in [6, 6.07) is 0. The van der Waals surface area contributed by atoms with Crippen LogP contribution in [0, 0.1) is 11.3 Å². The van der Waals surface area contributed by atoms with E-state index in [1.165, 1.54) is 21.1 Å². The number of hydrogen-bond donors (Lipinski definition) is 0.